The Morgan fingerprint density at radius 2 is 1.80 bits per heavy atom. The van der Waals surface area contributed by atoms with Crippen molar-refractivity contribution in [2.45, 2.75) is 13.3 Å². The number of nitrogens with two attached hydrogens (primary N) is 1. The number of hydrogen-bond acceptors (Lipinski definition) is 2. The van der Waals surface area contributed by atoms with E-state index < -0.39 is 0 Å². The van der Waals surface area contributed by atoms with E-state index in [0.29, 0.717) is 6.42 Å². The molecule has 0 heterocycles. The SMILES string of the molecule is CCC(N)=O.CN(C)C=O. The monoisotopic (exact) mass is 146 g/mol. The van der Waals surface area contributed by atoms with E-state index in [1.54, 1.807) is 21.0 Å². The fourth-order valence-corrected chi connectivity index (χ4v) is 0. The lowest BCUT2D eigenvalue weighted by atomic mass is 10.5. The molecule has 0 rings (SSSR count). The van der Waals surface area contributed by atoms with Gasteiger partial charge in [0, 0.05) is 20.5 Å². The average molecular weight is 146 g/mol. The summed E-state index contributed by atoms with van der Waals surface area (Å²) in [5.74, 6) is -0.245. The first-order chi connectivity index (χ1) is 4.54. The average Bonchev–Trinajstić information content (AvgIpc) is 1.89. The Bertz CT molecular complexity index is 102. The first-order valence-corrected chi connectivity index (χ1v) is 2.94. The van der Waals surface area contributed by atoms with Gasteiger partial charge in [0.25, 0.3) is 0 Å². The van der Waals surface area contributed by atoms with Gasteiger partial charge in [-0.3, -0.25) is 9.59 Å². The zero-order valence-corrected chi connectivity index (χ0v) is 6.63. The molecule has 0 aliphatic carbocycles. The van der Waals surface area contributed by atoms with E-state index in [4.69, 9.17) is 0 Å². The van der Waals surface area contributed by atoms with E-state index >= 15 is 0 Å². The maximum Gasteiger partial charge on any atom is 0.217 e. The molecular weight excluding hydrogens is 132 g/mol. The molecule has 10 heavy (non-hydrogen) atoms. The Morgan fingerprint density at radius 3 is 1.80 bits per heavy atom. The predicted octanol–water partition coefficient (Wildman–Crippen LogP) is -0.414. The third-order valence-corrected chi connectivity index (χ3v) is 0.559. The highest BCUT2D eigenvalue weighted by atomic mass is 16.1. The lowest BCUT2D eigenvalue weighted by Gasteiger charge is -1.93. The van der Waals surface area contributed by atoms with E-state index in [0.717, 1.165) is 6.41 Å². The van der Waals surface area contributed by atoms with Crippen LogP contribution in [-0.2, 0) is 9.59 Å². The molecule has 0 aromatic carbocycles. The first-order valence-electron chi connectivity index (χ1n) is 2.94. The van der Waals surface area contributed by atoms with Gasteiger partial charge < -0.3 is 10.6 Å². The van der Waals surface area contributed by atoms with E-state index in [-0.39, 0.29) is 5.91 Å². The van der Waals surface area contributed by atoms with Gasteiger partial charge in [-0.1, -0.05) is 6.92 Å². The Hall–Kier alpha value is -1.06. The molecule has 0 aromatic rings. The minimum Gasteiger partial charge on any atom is -0.370 e. The molecule has 0 aliphatic rings. The molecule has 0 aliphatic heterocycles. The number of amides is 2. The van der Waals surface area contributed by atoms with Crippen molar-refractivity contribution < 1.29 is 9.59 Å². The highest BCUT2D eigenvalue weighted by Gasteiger charge is 1.77. The van der Waals surface area contributed by atoms with Gasteiger partial charge in [-0.25, -0.2) is 0 Å². The smallest absolute Gasteiger partial charge is 0.217 e. The van der Waals surface area contributed by atoms with E-state index in [9.17, 15) is 9.59 Å². The number of primary amides is 1. The lowest BCUT2D eigenvalue weighted by Crippen LogP contribution is -2.06. The van der Waals surface area contributed by atoms with Crippen LogP contribution >= 0.6 is 0 Å². The van der Waals surface area contributed by atoms with Crippen molar-refractivity contribution in [2.75, 3.05) is 14.1 Å². The van der Waals surface area contributed by atoms with E-state index in [1.165, 1.54) is 4.90 Å². The van der Waals surface area contributed by atoms with E-state index in [2.05, 4.69) is 5.73 Å². The summed E-state index contributed by atoms with van der Waals surface area (Å²) in [5, 5.41) is 0. The summed E-state index contributed by atoms with van der Waals surface area (Å²) in [4.78, 5) is 20.5. The Balaban J connectivity index is 0. The number of carbonyl (C=O) groups is 2. The van der Waals surface area contributed by atoms with Gasteiger partial charge in [0.1, 0.15) is 0 Å². The van der Waals surface area contributed by atoms with Crippen molar-refractivity contribution in [2.24, 2.45) is 5.73 Å². The summed E-state index contributed by atoms with van der Waals surface area (Å²) < 4.78 is 0. The second-order valence-corrected chi connectivity index (χ2v) is 1.89. The van der Waals surface area contributed by atoms with Crippen molar-refractivity contribution in [1.29, 1.82) is 0 Å². The zero-order chi connectivity index (χ0) is 8.57. The third-order valence-electron chi connectivity index (χ3n) is 0.559. The molecule has 0 atom stereocenters. The molecule has 0 bridgehead atoms. The minimum atomic E-state index is -0.245. The van der Waals surface area contributed by atoms with Crippen LogP contribution < -0.4 is 5.73 Å². The van der Waals surface area contributed by atoms with E-state index in [1.807, 2.05) is 0 Å². The summed E-state index contributed by atoms with van der Waals surface area (Å²) in [7, 11) is 3.38. The van der Waals surface area contributed by atoms with Gasteiger partial charge in [0.15, 0.2) is 0 Å². The summed E-state index contributed by atoms with van der Waals surface area (Å²) in [6, 6.07) is 0. The Morgan fingerprint density at radius 1 is 1.60 bits per heavy atom. The fourth-order valence-electron chi connectivity index (χ4n) is 0. The zero-order valence-electron chi connectivity index (χ0n) is 6.63. The van der Waals surface area contributed by atoms with Crippen LogP contribution in [0.4, 0.5) is 0 Å². The van der Waals surface area contributed by atoms with Crippen molar-refractivity contribution in [3.05, 3.63) is 0 Å². The van der Waals surface area contributed by atoms with Crippen molar-refractivity contribution in [3.8, 4) is 0 Å². The molecular formula is C6H14N2O2. The summed E-state index contributed by atoms with van der Waals surface area (Å²) in [6.45, 7) is 1.72. The van der Waals surface area contributed by atoms with Crippen LogP contribution in [0.2, 0.25) is 0 Å². The molecule has 0 unspecified atom stereocenters. The van der Waals surface area contributed by atoms with Gasteiger partial charge in [-0.2, -0.15) is 0 Å². The highest BCUT2D eigenvalue weighted by molar-refractivity contribution is 5.73. The first kappa shape index (κ1) is 11.7. The summed E-state index contributed by atoms with van der Waals surface area (Å²) in [6.07, 6.45) is 1.19. The second-order valence-electron chi connectivity index (χ2n) is 1.89. The van der Waals surface area contributed by atoms with Crippen molar-refractivity contribution >= 4 is 12.3 Å². The van der Waals surface area contributed by atoms with Crippen molar-refractivity contribution in [3.63, 3.8) is 0 Å². The predicted molar refractivity (Wildman–Crippen MR) is 39.2 cm³/mol. The number of rotatable bonds is 2. The fraction of sp³-hybridized carbons (Fsp3) is 0.667. The normalized spacial score (nSPS) is 7.10. The largest absolute Gasteiger partial charge is 0.370 e. The number of hydrogen-bond donors (Lipinski definition) is 1. The molecule has 4 nitrogen and oxygen atoms in total. The molecule has 0 fully saturated rings. The molecule has 0 saturated carbocycles. The Kier molecular flexibility index (Phi) is 9.29. The quantitative estimate of drug-likeness (QED) is 0.538. The Labute approximate surface area is 61.0 Å². The topological polar surface area (TPSA) is 63.4 Å². The second kappa shape index (κ2) is 7.94. The van der Waals surface area contributed by atoms with Gasteiger partial charge in [-0.05, 0) is 0 Å². The molecule has 0 radical (unpaired) electrons. The summed E-state index contributed by atoms with van der Waals surface area (Å²) in [5.41, 5.74) is 4.65. The molecule has 0 aromatic heterocycles. The summed E-state index contributed by atoms with van der Waals surface area (Å²) >= 11 is 0. The molecule has 2 N–H and O–H groups in total. The number of carbonyl (C=O) groups excluding carboxylic acids is 2. The van der Waals surface area contributed by atoms with Crippen LogP contribution in [-0.4, -0.2) is 31.3 Å². The van der Waals surface area contributed by atoms with Crippen LogP contribution in [0.1, 0.15) is 13.3 Å². The van der Waals surface area contributed by atoms with Gasteiger partial charge in [-0.15, -0.1) is 0 Å². The van der Waals surface area contributed by atoms with Crippen LogP contribution in [0, 0.1) is 0 Å². The van der Waals surface area contributed by atoms with Gasteiger partial charge in [0.05, 0.1) is 0 Å². The minimum absolute atomic E-state index is 0.245. The standard InChI is InChI=1S/2C3H7NO/c1-4(2)3-5;1-2-3(4)5/h3H,1-2H3;2H2,1H3,(H2,4,5). The lowest BCUT2D eigenvalue weighted by molar-refractivity contribution is -0.118. The van der Waals surface area contributed by atoms with Crippen LogP contribution in [0.3, 0.4) is 0 Å². The number of nitrogens with zero attached hydrogens (tertiary/aromatic N) is 1. The van der Waals surface area contributed by atoms with Gasteiger partial charge >= 0.3 is 0 Å². The maximum absolute atomic E-state index is 9.59. The maximum atomic E-state index is 9.59. The van der Waals surface area contributed by atoms with Crippen LogP contribution in [0.25, 0.3) is 0 Å². The molecule has 2 amide bonds. The highest BCUT2D eigenvalue weighted by Crippen LogP contribution is 1.63. The molecule has 0 spiro atoms. The van der Waals surface area contributed by atoms with Crippen LogP contribution in [0.5, 0.6) is 0 Å². The molecule has 0 saturated heterocycles. The van der Waals surface area contributed by atoms with Crippen molar-refractivity contribution in [1.82, 2.24) is 4.90 Å². The third kappa shape index (κ3) is 28.3. The van der Waals surface area contributed by atoms with Gasteiger partial charge in [0.2, 0.25) is 12.3 Å². The molecule has 60 valence electrons. The molecule has 4 heteroatoms. The van der Waals surface area contributed by atoms with Crippen LogP contribution in [0.15, 0.2) is 0 Å².